The molecule has 0 atom stereocenters. The molecule has 1 heterocycles. The van der Waals surface area contributed by atoms with Gasteiger partial charge in [-0.3, -0.25) is 0 Å². The van der Waals surface area contributed by atoms with E-state index >= 15 is 0 Å². The monoisotopic (exact) mass is 184 g/mol. The molecule has 0 unspecified atom stereocenters. The average Bonchev–Trinajstić information content (AvgIpc) is 2.63. The highest BCUT2D eigenvalue weighted by Gasteiger charge is 2.17. The van der Waals surface area contributed by atoms with E-state index in [4.69, 9.17) is 10.5 Å². The smallest absolute Gasteiger partial charge is 0.275 e. The lowest BCUT2D eigenvalue weighted by atomic mass is 10.3. The van der Waals surface area contributed by atoms with Crippen molar-refractivity contribution < 1.29 is 4.74 Å². The van der Waals surface area contributed by atoms with Crippen molar-refractivity contribution in [2.45, 2.75) is 31.8 Å². The van der Waals surface area contributed by atoms with Gasteiger partial charge in [-0.25, -0.2) is 4.98 Å². The quantitative estimate of drug-likeness (QED) is 0.765. The number of anilines is 1. The van der Waals surface area contributed by atoms with Crippen LogP contribution >= 0.6 is 11.3 Å². The molecule has 1 aliphatic rings. The number of aromatic nitrogens is 1. The predicted molar refractivity (Wildman–Crippen MR) is 49.4 cm³/mol. The molecule has 0 spiro atoms. The van der Waals surface area contributed by atoms with Crippen molar-refractivity contribution >= 4 is 16.3 Å². The highest BCUT2D eigenvalue weighted by Crippen LogP contribution is 2.28. The summed E-state index contributed by atoms with van der Waals surface area (Å²) in [5, 5.41) is 1.45. The number of hydrogen-bond donors (Lipinski definition) is 1. The van der Waals surface area contributed by atoms with E-state index < -0.39 is 0 Å². The SMILES string of the molecule is Nc1cnc(OC2CCCC2)s1. The van der Waals surface area contributed by atoms with Gasteiger partial charge in [0.05, 0.1) is 6.20 Å². The molecular formula is C8H12N2OS. The summed E-state index contributed by atoms with van der Waals surface area (Å²) >= 11 is 1.42. The van der Waals surface area contributed by atoms with Gasteiger partial charge < -0.3 is 10.5 Å². The molecule has 1 fully saturated rings. The second-order valence-corrected chi connectivity index (χ2v) is 4.08. The number of thiazole rings is 1. The third-order valence-electron chi connectivity index (χ3n) is 2.07. The van der Waals surface area contributed by atoms with Crippen LogP contribution in [-0.2, 0) is 0 Å². The highest BCUT2D eigenvalue weighted by molar-refractivity contribution is 7.17. The molecule has 0 radical (unpaired) electrons. The largest absolute Gasteiger partial charge is 0.467 e. The summed E-state index contributed by atoms with van der Waals surface area (Å²) in [5.74, 6) is 0. The van der Waals surface area contributed by atoms with Crippen molar-refractivity contribution in [2.24, 2.45) is 0 Å². The molecule has 1 aromatic heterocycles. The standard InChI is InChI=1S/C8H12N2OS/c9-7-5-10-8(12-7)11-6-3-1-2-4-6/h5-6H,1-4,9H2. The van der Waals surface area contributed by atoms with Crippen molar-refractivity contribution in [2.75, 3.05) is 5.73 Å². The lowest BCUT2D eigenvalue weighted by Gasteiger charge is -2.08. The summed E-state index contributed by atoms with van der Waals surface area (Å²) in [6.45, 7) is 0. The fourth-order valence-corrected chi connectivity index (χ4v) is 2.07. The third kappa shape index (κ3) is 1.69. The molecule has 3 nitrogen and oxygen atoms in total. The molecule has 12 heavy (non-hydrogen) atoms. The number of hydrogen-bond acceptors (Lipinski definition) is 4. The Kier molecular flexibility index (Phi) is 2.17. The first-order chi connectivity index (χ1) is 5.84. The van der Waals surface area contributed by atoms with E-state index in [-0.39, 0.29) is 0 Å². The van der Waals surface area contributed by atoms with Crippen LogP contribution in [0.25, 0.3) is 0 Å². The first-order valence-corrected chi connectivity index (χ1v) is 5.04. The fourth-order valence-electron chi connectivity index (χ4n) is 1.47. The Morgan fingerprint density at radius 2 is 2.25 bits per heavy atom. The fraction of sp³-hybridized carbons (Fsp3) is 0.625. The van der Waals surface area contributed by atoms with Crippen LogP contribution in [0.15, 0.2) is 6.20 Å². The molecule has 0 bridgehead atoms. The van der Waals surface area contributed by atoms with Gasteiger partial charge in [-0.1, -0.05) is 11.3 Å². The Hall–Kier alpha value is -0.770. The summed E-state index contributed by atoms with van der Waals surface area (Å²) in [4.78, 5) is 4.05. The number of ether oxygens (including phenoxy) is 1. The van der Waals surface area contributed by atoms with Crippen LogP contribution in [0, 0.1) is 0 Å². The van der Waals surface area contributed by atoms with E-state index in [1.54, 1.807) is 6.20 Å². The Morgan fingerprint density at radius 1 is 1.50 bits per heavy atom. The maximum atomic E-state index is 5.62. The van der Waals surface area contributed by atoms with Gasteiger partial charge in [0.25, 0.3) is 5.19 Å². The van der Waals surface area contributed by atoms with Gasteiger partial charge in [0.15, 0.2) is 0 Å². The third-order valence-corrected chi connectivity index (χ3v) is 2.79. The van der Waals surface area contributed by atoms with E-state index in [1.165, 1.54) is 37.0 Å². The van der Waals surface area contributed by atoms with Gasteiger partial charge in [0.2, 0.25) is 0 Å². The second-order valence-electron chi connectivity index (χ2n) is 3.05. The van der Waals surface area contributed by atoms with Crippen molar-refractivity contribution in [1.82, 2.24) is 4.98 Å². The topological polar surface area (TPSA) is 48.1 Å². The normalized spacial score (nSPS) is 18.3. The lowest BCUT2D eigenvalue weighted by Crippen LogP contribution is -2.10. The van der Waals surface area contributed by atoms with E-state index in [2.05, 4.69) is 4.98 Å². The molecule has 66 valence electrons. The van der Waals surface area contributed by atoms with Crippen molar-refractivity contribution in [3.8, 4) is 5.19 Å². The van der Waals surface area contributed by atoms with Gasteiger partial charge in [0, 0.05) is 0 Å². The molecule has 0 aliphatic heterocycles. The molecule has 4 heteroatoms. The Morgan fingerprint density at radius 3 is 2.83 bits per heavy atom. The number of nitrogens with two attached hydrogens (primary N) is 1. The van der Waals surface area contributed by atoms with Crippen LogP contribution in [0.3, 0.4) is 0 Å². The van der Waals surface area contributed by atoms with Gasteiger partial charge >= 0.3 is 0 Å². The molecule has 1 aromatic rings. The van der Waals surface area contributed by atoms with Crippen LogP contribution in [0.4, 0.5) is 5.00 Å². The van der Waals surface area contributed by atoms with Gasteiger partial charge in [0.1, 0.15) is 11.1 Å². The number of nitrogens with zero attached hydrogens (tertiary/aromatic N) is 1. The number of nitrogen functional groups attached to an aromatic ring is 1. The van der Waals surface area contributed by atoms with Gasteiger partial charge in [-0.15, -0.1) is 0 Å². The minimum atomic E-state index is 0.385. The molecule has 2 N–H and O–H groups in total. The summed E-state index contributed by atoms with van der Waals surface area (Å²) in [5.41, 5.74) is 5.53. The molecule has 1 saturated carbocycles. The average molecular weight is 184 g/mol. The zero-order valence-corrected chi connectivity index (χ0v) is 7.64. The second kappa shape index (κ2) is 3.31. The summed E-state index contributed by atoms with van der Waals surface area (Å²) in [7, 11) is 0. The predicted octanol–water partition coefficient (Wildman–Crippen LogP) is 2.05. The van der Waals surface area contributed by atoms with E-state index in [0.29, 0.717) is 6.10 Å². The maximum Gasteiger partial charge on any atom is 0.275 e. The molecule has 0 amide bonds. The summed E-state index contributed by atoms with van der Waals surface area (Å²) < 4.78 is 5.62. The minimum Gasteiger partial charge on any atom is -0.467 e. The van der Waals surface area contributed by atoms with Crippen LogP contribution in [-0.4, -0.2) is 11.1 Å². The highest BCUT2D eigenvalue weighted by atomic mass is 32.1. The Bertz CT molecular complexity index is 255. The van der Waals surface area contributed by atoms with Crippen molar-refractivity contribution in [3.63, 3.8) is 0 Å². The van der Waals surface area contributed by atoms with E-state index in [0.717, 1.165) is 10.2 Å². The molecule has 0 saturated heterocycles. The summed E-state index contributed by atoms with van der Waals surface area (Å²) in [6, 6.07) is 0. The molecule has 0 aromatic carbocycles. The van der Waals surface area contributed by atoms with E-state index in [9.17, 15) is 0 Å². The van der Waals surface area contributed by atoms with Crippen molar-refractivity contribution in [3.05, 3.63) is 6.20 Å². The first kappa shape index (κ1) is 7.86. The Balaban J connectivity index is 1.94. The van der Waals surface area contributed by atoms with Crippen LogP contribution < -0.4 is 10.5 Å². The molecule has 1 aliphatic carbocycles. The molecular weight excluding hydrogens is 172 g/mol. The van der Waals surface area contributed by atoms with Crippen LogP contribution in [0.5, 0.6) is 5.19 Å². The van der Waals surface area contributed by atoms with Crippen LogP contribution in [0.2, 0.25) is 0 Å². The van der Waals surface area contributed by atoms with Gasteiger partial charge in [-0.2, -0.15) is 0 Å². The van der Waals surface area contributed by atoms with Crippen LogP contribution in [0.1, 0.15) is 25.7 Å². The summed E-state index contributed by atoms with van der Waals surface area (Å²) in [6.07, 6.45) is 6.93. The van der Waals surface area contributed by atoms with E-state index in [1.807, 2.05) is 0 Å². The minimum absolute atomic E-state index is 0.385. The zero-order valence-electron chi connectivity index (χ0n) is 6.82. The molecule has 2 rings (SSSR count). The first-order valence-electron chi connectivity index (χ1n) is 4.22. The van der Waals surface area contributed by atoms with Crippen molar-refractivity contribution in [1.29, 1.82) is 0 Å². The Labute approximate surface area is 75.6 Å². The van der Waals surface area contributed by atoms with Gasteiger partial charge in [-0.05, 0) is 25.7 Å². The zero-order chi connectivity index (χ0) is 8.39. The lowest BCUT2D eigenvalue weighted by molar-refractivity contribution is 0.209. The number of rotatable bonds is 2. The maximum absolute atomic E-state index is 5.62.